The predicted molar refractivity (Wildman–Crippen MR) is 81.5 cm³/mol. The van der Waals surface area contributed by atoms with Gasteiger partial charge in [-0.3, -0.25) is 4.79 Å². The number of amides is 1. The molecule has 1 aromatic rings. The molecule has 5 nitrogen and oxygen atoms in total. The number of nitrogens with one attached hydrogen (secondary N) is 1. The second-order valence-corrected chi connectivity index (χ2v) is 5.71. The Morgan fingerprint density at radius 1 is 1.43 bits per heavy atom. The van der Waals surface area contributed by atoms with E-state index >= 15 is 0 Å². The summed E-state index contributed by atoms with van der Waals surface area (Å²) in [6.07, 6.45) is 2.45. The Hall–Kier alpha value is -1.90. The van der Waals surface area contributed by atoms with Gasteiger partial charge in [0.25, 0.3) is 0 Å². The maximum atomic E-state index is 12.1. The molecule has 1 amide bonds. The number of benzene rings is 1. The highest BCUT2D eigenvalue weighted by Crippen LogP contribution is 2.09. The van der Waals surface area contributed by atoms with Gasteiger partial charge in [-0.1, -0.05) is 12.1 Å². The Morgan fingerprint density at radius 2 is 2.05 bits per heavy atom. The molecule has 0 bridgehead atoms. The van der Waals surface area contributed by atoms with Gasteiger partial charge in [0, 0.05) is 6.04 Å². The van der Waals surface area contributed by atoms with E-state index in [4.69, 9.17) is 11.0 Å². The van der Waals surface area contributed by atoms with Crippen LogP contribution in [-0.4, -0.2) is 43.0 Å². The lowest BCUT2D eigenvalue weighted by molar-refractivity contribution is -0.123. The first-order valence-corrected chi connectivity index (χ1v) is 7.32. The standard InChI is InChI=1S/C16H22N4O/c1-20-8-6-14(7-9-20)19-16(21)15(18)10-12-2-4-13(11-17)5-3-12/h2-5,14-15H,6-10,18H2,1H3,(H,19,21)/t15-/m1/s1. The molecule has 1 saturated heterocycles. The van der Waals surface area contributed by atoms with Crippen LogP contribution in [0.2, 0.25) is 0 Å². The van der Waals surface area contributed by atoms with Crippen LogP contribution in [0.4, 0.5) is 0 Å². The molecule has 1 atom stereocenters. The minimum Gasteiger partial charge on any atom is -0.352 e. The van der Waals surface area contributed by atoms with E-state index in [0.29, 0.717) is 12.0 Å². The first-order chi connectivity index (χ1) is 10.1. The lowest BCUT2D eigenvalue weighted by Gasteiger charge is -2.30. The molecule has 1 heterocycles. The fraction of sp³-hybridized carbons (Fsp3) is 0.500. The number of rotatable bonds is 4. The van der Waals surface area contributed by atoms with Gasteiger partial charge >= 0.3 is 0 Å². The average molecular weight is 286 g/mol. The van der Waals surface area contributed by atoms with Crippen LogP contribution in [0.3, 0.4) is 0 Å². The minimum absolute atomic E-state index is 0.0890. The van der Waals surface area contributed by atoms with Crippen LogP contribution in [0, 0.1) is 11.3 Å². The smallest absolute Gasteiger partial charge is 0.237 e. The van der Waals surface area contributed by atoms with Crippen molar-refractivity contribution in [1.29, 1.82) is 5.26 Å². The Balaban J connectivity index is 1.83. The van der Waals surface area contributed by atoms with E-state index in [1.807, 2.05) is 12.1 Å². The third-order valence-electron chi connectivity index (χ3n) is 3.94. The molecule has 112 valence electrons. The molecule has 0 aromatic heterocycles. The van der Waals surface area contributed by atoms with Crippen molar-refractivity contribution in [3.05, 3.63) is 35.4 Å². The van der Waals surface area contributed by atoms with Crippen LogP contribution in [0.1, 0.15) is 24.0 Å². The Kier molecular flexibility index (Phi) is 5.32. The Morgan fingerprint density at radius 3 is 2.62 bits per heavy atom. The van der Waals surface area contributed by atoms with Crippen molar-refractivity contribution in [1.82, 2.24) is 10.2 Å². The molecule has 3 N–H and O–H groups in total. The number of piperidine rings is 1. The molecule has 1 fully saturated rings. The Labute approximate surface area is 125 Å². The van der Waals surface area contributed by atoms with Crippen LogP contribution in [-0.2, 0) is 11.2 Å². The number of nitriles is 1. The lowest BCUT2D eigenvalue weighted by atomic mass is 10.0. The molecule has 1 aliphatic heterocycles. The van der Waals surface area contributed by atoms with Gasteiger partial charge in [0.2, 0.25) is 5.91 Å². The number of nitrogens with zero attached hydrogens (tertiary/aromatic N) is 2. The fourth-order valence-corrected chi connectivity index (χ4v) is 2.52. The van der Waals surface area contributed by atoms with Gasteiger partial charge < -0.3 is 16.0 Å². The van der Waals surface area contributed by atoms with Crippen LogP contribution < -0.4 is 11.1 Å². The summed E-state index contributed by atoms with van der Waals surface area (Å²) in [4.78, 5) is 14.4. The van der Waals surface area contributed by atoms with E-state index in [9.17, 15) is 4.79 Å². The zero-order valence-corrected chi connectivity index (χ0v) is 12.4. The van der Waals surface area contributed by atoms with E-state index < -0.39 is 6.04 Å². The van der Waals surface area contributed by atoms with Crippen molar-refractivity contribution in [2.45, 2.75) is 31.3 Å². The third-order valence-corrected chi connectivity index (χ3v) is 3.94. The van der Waals surface area contributed by atoms with Gasteiger partial charge in [-0.25, -0.2) is 0 Å². The van der Waals surface area contributed by atoms with E-state index in [1.54, 1.807) is 12.1 Å². The van der Waals surface area contributed by atoms with Gasteiger partial charge in [-0.05, 0) is 57.1 Å². The van der Waals surface area contributed by atoms with Crippen LogP contribution >= 0.6 is 0 Å². The molecule has 0 spiro atoms. The lowest BCUT2D eigenvalue weighted by Crippen LogP contribution is -2.49. The topological polar surface area (TPSA) is 82.2 Å². The van der Waals surface area contributed by atoms with E-state index in [1.165, 1.54) is 0 Å². The van der Waals surface area contributed by atoms with Gasteiger partial charge in [-0.2, -0.15) is 5.26 Å². The van der Waals surface area contributed by atoms with Gasteiger partial charge in [-0.15, -0.1) is 0 Å². The van der Waals surface area contributed by atoms with E-state index in [2.05, 4.69) is 23.3 Å². The maximum Gasteiger partial charge on any atom is 0.237 e. The molecule has 0 unspecified atom stereocenters. The average Bonchev–Trinajstić information content (AvgIpc) is 2.50. The molecule has 5 heteroatoms. The monoisotopic (exact) mass is 286 g/mol. The summed E-state index contributed by atoms with van der Waals surface area (Å²) in [6.45, 7) is 2.02. The van der Waals surface area contributed by atoms with Crippen LogP contribution in [0.25, 0.3) is 0 Å². The number of likely N-dealkylation sites (tertiary alicyclic amines) is 1. The second kappa shape index (κ2) is 7.21. The van der Waals surface area contributed by atoms with Gasteiger partial charge in [0.15, 0.2) is 0 Å². The summed E-state index contributed by atoms with van der Waals surface area (Å²) in [5.74, 6) is -0.0890. The number of hydrogen-bond donors (Lipinski definition) is 2. The highest BCUT2D eigenvalue weighted by atomic mass is 16.2. The van der Waals surface area contributed by atoms with E-state index in [-0.39, 0.29) is 11.9 Å². The number of carbonyl (C=O) groups is 1. The molecule has 1 aromatic carbocycles. The summed E-state index contributed by atoms with van der Waals surface area (Å²) in [5.41, 5.74) is 7.56. The van der Waals surface area contributed by atoms with Crippen molar-refractivity contribution in [3.63, 3.8) is 0 Å². The number of carbonyl (C=O) groups excluding carboxylic acids is 1. The molecule has 0 saturated carbocycles. The van der Waals surface area contributed by atoms with Gasteiger partial charge in [0.05, 0.1) is 17.7 Å². The molecule has 0 aliphatic carbocycles. The van der Waals surface area contributed by atoms with Crippen molar-refractivity contribution < 1.29 is 4.79 Å². The molecule has 0 radical (unpaired) electrons. The first-order valence-electron chi connectivity index (χ1n) is 7.32. The molecule has 1 aliphatic rings. The SMILES string of the molecule is CN1CCC(NC(=O)[C@H](N)Cc2ccc(C#N)cc2)CC1. The summed E-state index contributed by atoms with van der Waals surface area (Å²) in [7, 11) is 2.09. The number of nitrogens with two attached hydrogens (primary N) is 1. The summed E-state index contributed by atoms with van der Waals surface area (Å²) in [6, 6.07) is 8.96. The van der Waals surface area contributed by atoms with Crippen LogP contribution in [0.5, 0.6) is 0 Å². The first kappa shape index (κ1) is 15.5. The number of hydrogen-bond acceptors (Lipinski definition) is 4. The quantitative estimate of drug-likeness (QED) is 0.851. The normalized spacial score (nSPS) is 18.0. The highest BCUT2D eigenvalue weighted by Gasteiger charge is 2.21. The van der Waals surface area contributed by atoms with Crippen molar-refractivity contribution in [2.75, 3.05) is 20.1 Å². The van der Waals surface area contributed by atoms with Crippen LogP contribution in [0.15, 0.2) is 24.3 Å². The molecule has 2 rings (SSSR count). The van der Waals surface area contributed by atoms with E-state index in [0.717, 1.165) is 31.5 Å². The molecular formula is C16H22N4O. The fourth-order valence-electron chi connectivity index (χ4n) is 2.52. The summed E-state index contributed by atoms with van der Waals surface area (Å²) >= 11 is 0. The molecule has 21 heavy (non-hydrogen) atoms. The zero-order valence-electron chi connectivity index (χ0n) is 12.4. The Bertz CT molecular complexity index is 512. The van der Waals surface area contributed by atoms with Crippen molar-refractivity contribution >= 4 is 5.91 Å². The van der Waals surface area contributed by atoms with Crippen molar-refractivity contribution in [3.8, 4) is 6.07 Å². The zero-order chi connectivity index (χ0) is 15.2. The van der Waals surface area contributed by atoms with Gasteiger partial charge in [0.1, 0.15) is 0 Å². The predicted octanol–water partition coefficient (Wildman–Crippen LogP) is 0.638. The largest absolute Gasteiger partial charge is 0.352 e. The summed E-state index contributed by atoms with van der Waals surface area (Å²) in [5, 5.41) is 11.8. The minimum atomic E-state index is -0.544. The van der Waals surface area contributed by atoms with Crippen molar-refractivity contribution in [2.24, 2.45) is 5.73 Å². The third kappa shape index (κ3) is 4.55. The molecular weight excluding hydrogens is 264 g/mol. The maximum absolute atomic E-state index is 12.1. The second-order valence-electron chi connectivity index (χ2n) is 5.71. The highest BCUT2D eigenvalue weighted by molar-refractivity contribution is 5.82. The summed E-state index contributed by atoms with van der Waals surface area (Å²) < 4.78 is 0.